The fourth-order valence-corrected chi connectivity index (χ4v) is 2.06. The minimum absolute atomic E-state index is 0.217. The van der Waals surface area contributed by atoms with E-state index >= 15 is 0 Å². The van der Waals surface area contributed by atoms with Gasteiger partial charge in [-0.1, -0.05) is 17.2 Å². The van der Waals surface area contributed by atoms with Gasteiger partial charge in [0.05, 0.1) is 6.26 Å². The Bertz CT molecular complexity index is 692. The first-order chi connectivity index (χ1) is 10.9. The molecule has 1 aromatic carbocycles. The predicted octanol–water partition coefficient (Wildman–Crippen LogP) is 2.24. The molecular formula is C14H18N4O4S. The van der Waals surface area contributed by atoms with Crippen LogP contribution in [0.25, 0.3) is 16.5 Å². The first kappa shape index (κ1) is 18.5. The smallest absolute Gasteiger partial charge is 0.306 e. The minimum Gasteiger partial charge on any atom is -0.383 e. The molecule has 9 heteroatoms. The molecule has 1 aromatic rings. The van der Waals surface area contributed by atoms with Gasteiger partial charge in [0.1, 0.15) is 5.75 Å². The Balaban J connectivity index is 2.38. The molecule has 0 saturated carbocycles. The molecule has 1 N–H and O–H groups in total. The number of benzene rings is 1. The Morgan fingerprint density at radius 3 is 2.65 bits per heavy atom. The number of rotatable bonds is 9. The zero-order chi connectivity index (χ0) is 17.1. The summed E-state index contributed by atoms with van der Waals surface area (Å²) in [4.78, 5) is 14.2. The van der Waals surface area contributed by atoms with Crippen molar-refractivity contribution in [3.63, 3.8) is 0 Å². The maximum Gasteiger partial charge on any atom is 0.306 e. The number of hydrogen-bond donors (Lipinski definition) is 1. The highest BCUT2D eigenvalue weighted by molar-refractivity contribution is 7.86. The van der Waals surface area contributed by atoms with Crippen molar-refractivity contribution in [1.29, 1.82) is 0 Å². The summed E-state index contributed by atoms with van der Waals surface area (Å²) in [5, 5.41) is 6.11. The lowest BCUT2D eigenvalue weighted by atomic mass is 10.2. The molecule has 124 valence electrons. The molecule has 0 bridgehead atoms. The number of carbonyl (C=O) groups is 1. The summed E-state index contributed by atoms with van der Waals surface area (Å²) in [6.45, 7) is 0.926. The highest BCUT2D eigenvalue weighted by atomic mass is 32.2. The van der Waals surface area contributed by atoms with Gasteiger partial charge < -0.3 is 9.50 Å². The number of amides is 1. The van der Waals surface area contributed by atoms with E-state index in [1.807, 2.05) is 0 Å². The maximum atomic E-state index is 11.6. The van der Waals surface area contributed by atoms with Crippen LogP contribution in [0.1, 0.15) is 18.4 Å². The predicted molar refractivity (Wildman–Crippen MR) is 87.2 cm³/mol. The van der Waals surface area contributed by atoms with Gasteiger partial charge in [0.2, 0.25) is 5.91 Å². The summed E-state index contributed by atoms with van der Waals surface area (Å²) < 4.78 is 26.7. The van der Waals surface area contributed by atoms with Crippen LogP contribution < -0.4 is 9.50 Å². The first-order valence-electron chi connectivity index (χ1n) is 6.87. The molecule has 0 heterocycles. The summed E-state index contributed by atoms with van der Waals surface area (Å²) >= 11 is 0. The molecule has 0 aromatic heterocycles. The van der Waals surface area contributed by atoms with Crippen molar-refractivity contribution in [3.8, 4) is 5.75 Å². The number of nitrogens with zero attached hydrogens (tertiary/aromatic N) is 3. The number of nitrogens with one attached hydrogen (secondary N) is 1. The van der Waals surface area contributed by atoms with E-state index in [1.165, 1.54) is 18.2 Å². The highest BCUT2D eigenvalue weighted by Gasteiger charge is 2.03. The lowest BCUT2D eigenvalue weighted by molar-refractivity contribution is -0.116. The molecule has 8 nitrogen and oxygen atoms in total. The Morgan fingerprint density at radius 1 is 1.35 bits per heavy atom. The summed E-state index contributed by atoms with van der Waals surface area (Å²) in [6.07, 6.45) is 5.42. The van der Waals surface area contributed by atoms with E-state index < -0.39 is 10.1 Å². The Labute approximate surface area is 134 Å². The molecule has 0 spiro atoms. The second kappa shape index (κ2) is 9.50. The van der Waals surface area contributed by atoms with E-state index in [4.69, 9.17) is 9.71 Å². The van der Waals surface area contributed by atoms with Gasteiger partial charge in [-0.15, -0.1) is 0 Å². The number of unbranched alkanes of at least 4 members (excludes halogenated alkanes) is 1. The second-order valence-electron chi connectivity index (χ2n) is 4.64. The third kappa shape index (κ3) is 9.18. The van der Waals surface area contributed by atoms with Crippen LogP contribution in [-0.4, -0.2) is 33.7 Å². The molecule has 23 heavy (non-hydrogen) atoms. The van der Waals surface area contributed by atoms with Crippen LogP contribution in [0, 0.1) is 0 Å². The standard InChI is InChI=1S/C14H18N4O4S/c1-23(20,21)22-13-7-4-12(5-8-13)6-9-14(19)16-10-2-3-11-17-18-15/h4-9H,2-3,10-11H2,1H3,(H,16,19). The maximum absolute atomic E-state index is 11.6. The Kier molecular flexibility index (Phi) is 7.65. The van der Waals surface area contributed by atoms with Gasteiger partial charge in [-0.05, 0) is 42.1 Å². The molecule has 1 rings (SSSR count). The van der Waals surface area contributed by atoms with Gasteiger partial charge >= 0.3 is 10.1 Å². The molecule has 1 amide bonds. The summed E-state index contributed by atoms with van der Waals surface area (Å²) in [7, 11) is -3.54. The number of carbonyl (C=O) groups excluding carboxylic acids is 1. The molecule has 0 aliphatic carbocycles. The fraction of sp³-hybridized carbons (Fsp3) is 0.357. The van der Waals surface area contributed by atoms with Crippen molar-refractivity contribution in [2.45, 2.75) is 12.8 Å². The van der Waals surface area contributed by atoms with Crippen molar-refractivity contribution in [1.82, 2.24) is 5.32 Å². The lowest BCUT2D eigenvalue weighted by Gasteiger charge is -2.03. The number of azide groups is 1. The van der Waals surface area contributed by atoms with Crippen molar-refractivity contribution >= 4 is 22.1 Å². The van der Waals surface area contributed by atoms with E-state index in [0.717, 1.165) is 24.7 Å². The Hall–Kier alpha value is -2.51. The molecule has 0 atom stereocenters. The zero-order valence-corrected chi connectivity index (χ0v) is 13.5. The van der Waals surface area contributed by atoms with Crippen molar-refractivity contribution in [3.05, 3.63) is 46.3 Å². The molecule has 0 saturated heterocycles. The van der Waals surface area contributed by atoms with Gasteiger partial charge in [0, 0.05) is 24.1 Å². The molecule has 0 unspecified atom stereocenters. The lowest BCUT2D eigenvalue weighted by Crippen LogP contribution is -2.22. The molecule has 0 aliphatic rings. The zero-order valence-electron chi connectivity index (χ0n) is 12.7. The summed E-state index contributed by atoms with van der Waals surface area (Å²) in [6, 6.07) is 6.30. The quantitative estimate of drug-likeness (QED) is 0.185. The normalized spacial score (nSPS) is 11.0. The van der Waals surface area contributed by atoms with E-state index in [9.17, 15) is 13.2 Å². The minimum atomic E-state index is -3.54. The molecule has 0 fully saturated rings. The van der Waals surface area contributed by atoms with Gasteiger partial charge in [-0.3, -0.25) is 4.79 Å². The van der Waals surface area contributed by atoms with Crippen LogP contribution in [0.4, 0.5) is 0 Å². The molecule has 0 aliphatic heterocycles. The van der Waals surface area contributed by atoms with Gasteiger partial charge in [-0.25, -0.2) is 0 Å². The van der Waals surface area contributed by atoms with Crippen molar-refractivity contribution < 1.29 is 17.4 Å². The SMILES string of the molecule is CS(=O)(=O)Oc1ccc(C=CC(=O)NCCCCN=[N+]=[N-])cc1. The van der Waals surface area contributed by atoms with Crippen LogP contribution in [0.15, 0.2) is 35.5 Å². The van der Waals surface area contributed by atoms with Gasteiger partial charge in [0.25, 0.3) is 0 Å². The van der Waals surface area contributed by atoms with Crippen LogP contribution in [0.3, 0.4) is 0 Å². The monoisotopic (exact) mass is 338 g/mol. The largest absolute Gasteiger partial charge is 0.383 e. The van der Waals surface area contributed by atoms with E-state index in [1.54, 1.807) is 18.2 Å². The average Bonchev–Trinajstić information content (AvgIpc) is 2.48. The third-order valence-corrected chi connectivity index (χ3v) is 3.10. The topological polar surface area (TPSA) is 121 Å². The van der Waals surface area contributed by atoms with Gasteiger partial charge in [0.15, 0.2) is 0 Å². The Morgan fingerprint density at radius 2 is 2.04 bits per heavy atom. The fourth-order valence-electron chi connectivity index (χ4n) is 1.60. The second-order valence-corrected chi connectivity index (χ2v) is 6.22. The van der Waals surface area contributed by atoms with Crippen molar-refractivity contribution in [2.24, 2.45) is 5.11 Å². The van der Waals surface area contributed by atoms with Crippen LogP contribution in [-0.2, 0) is 14.9 Å². The average molecular weight is 338 g/mol. The van der Waals surface area contributed by atoms with Crippen LogP contribution in [0.5, 0.6) is 5.75 Å². The van der Waals surface area contributed by atoms with E-state index in [-0.39, 0.29) is 11.7 Å². The molecular weight excluding hydrogens is 320 g/mol. The summed E-state index contributed by atoms with van der Waals surface area (Å²) in [5.41, 5.74) is 8.84. The molecule has 0 radical (unpaired) electrons. The third-order valence-electron chi connectivity index (χ3n) is 2.60. The van der Waals surface area contributed by atoms with Crippen LogP contribution >= 0.6 is 0 Å². The van der Waals surface area contributed by atoms with Gasteiger partial charge in [-0.2, -0.15) is 8.42 Å². The van der Waals surface area contributed by atoms with E-state index in [0.29, 0.717) is 13.1 Å². The first-order valence-corrected chi connectivity index (χ1v) is 8.68. The number of hydrogen-bond acceptors (Lipinski definition) is 5. The van der Waals surface area contributed by atoms with Crippen molar-refractivity contribution in [2.75, 3.05) is 19.3 Å². The van der Waals surface area contributed by atoms with E-state index in [2.05, 4.69) is 15.3 Å². The van der Waals surface area contributed by atoms with Crippen LogP contribution in [0.2, 0.25) is 0 Å². The highest BCUT2D eigenvalue weighted by Crippen LogP contribution is 2.14. The summed E-state index contributed by atoms with van der Waals surface area (Å²) in [5.74, 6) is -0.0145.